The molecule has 0 bridgehead atoms. The van der Waals surface area contributed by atoms with Gasteiger partial charge >= 0.3 is 0 Å². The summed E-state index contributed by atoms with van der Waals surface area (Å²) in [4.78, 5) is 14.4. The van der Waals surface area contributed by atoms with Crippen LogP contribution in [0.25, 0.3) is 0 Å². The van der Waals surface area contributed by atoms with E-state index in [2.05, 4.69) is 6.92 Å². The molecule has 1 saturated heterocycles. The number of halogens is 1. The molecule has 98 valence electrons. The molecule has 0 saturated carbocycles. The zero-order chi connectivity index (χ0) is 13.1. The van der Waals surface area contributed by atoms with Gasteiger partial charge in [-0.15, -0.1) is 0 Å². The number of amides is 1. The number of anilines is 1. The van der Waals surface area contributed by atoms with Gasteiger partial charge in [-0.25, -0.2) is 0 Å². The molecule has 1 heterocycles. The summed E-state index contributed by atoms with van der Waals surface area (Å²) in [6.07, 6.45) is 4.51. The van der Waals surface area contributed by atoms with Gasteiger partial charge in [0.05, 0.1) is 10.6 Å². The molecule has 18 heavy (non-hydrogen) atoms. The Hall–Kier alpha value is -1.22. The summed E-state index contributed by atoms with van der Waals surface area (Å²) in [7, 11) is 0. The first-order valence-corrected chi connectivity index (χ1v) is 6.83. The highest BCUT2D eigenvalue weighted by Crippen LogP contribution is 2.24. The van der Waals surface area contributed by atoms with Gasteiger partial charge in [-0.1, -0.05) is 24.4 Å². The molecule has 1 aromatic rings. The lowest BCUT2D eigenvalue weighted by atomic mass is 10.1. The van der Waals surface area contributed by atoms with Crippen molar-refractivity contribution in [1.29, 1.82) is 0 Å². The average Bonchev–Trinajstić information content (AvgIpc) is 2.56. The molecular weight excluding hydrogens is 248 g/mol. The lowest BCUT2D eigenvalue weighted by molar-refractivity contribution is 0.0698. The predicted octanol–water partition coefficient (Wildman–Crippen LogP) is 3.33. The largest absolute Gasteiger partial charge is 0.399 e. The fourth-order valence-electron chi connectivity index (χ4n) is 2.44. The molecule has 2 rings (SSSR count). The number of rotatable bonds is 1. The molecule has 2 N–H and O–H groups in total. The van der Waals surface area contributed by atoms with Crippen molar-refractivity contribution in [2.75, 3.05) is 12.3 Å². The van der Waals surface area contributed by atoms with Crippen LogP contribution in [0.15, 0.2) is 18.2 Å². The molecule has 0 spiro atoms. The molecule has 3 nitrogen and oxygen atoms in total. The minimum atomic E-state index is 0.00157. The number of nitrogen functional groups attached to an aromatic ring is 1. The minimum Gasteiger partial charge on any atom is -0.399 e. The van der Waals surface area contributed by atoms with E-state index in [0.29, 0.717) is 16.3 Å². The first kappa shape index (κ1) is 13.2. The number of hydrogen-bond acceptors (Lipinski definition) is 2. The van der Waals surface area contributed by atoms with Crippen molar-refractivity contribution >= 4 is 23.2 Å². The maximum absolute atomic E-state index is 12.5. The summed E-state index contributed by atoms with van der Waals surface area (Å²) in [6.45, 7) is 2.91. The lowest BCUT2D eigenvalue weighted by Crippen LogP contribution is -2.38. The first-order valence-electron chi connectivity index (χ1n) is 6.45. The molecule has 1 atom stereocenters. The lowest BCUT2D eigenvalue weighted by Gasteiger charge is -2.27. The Morgan fingerprint density at radius 1 is 1.39 bits per heavy atom. The second-order valence-electron chi connectivity index (χ2n) is 4.94. The topological polar surface area (TPSA) is 46.3 Å². The zero-order valence-corrected chi connectivity index (χ0v) is 11.4. The predicted molar refractivity (Wildman–Crippen MR) is 74.8 cm³/mol. The third-order valence-corrected chi connectivity index (χ3v) is 3.86. The highest BCUT2D eigenvalue weighted by atomic mass is 35.5. The average molecular weight is 267 g/mol. The van der Waals surface area contributed by atoms with Gasteiger partial charge in [0, 0.05) is 18.3 Å². The molecular formula is C14H19ClN2O. The Morgan fingerprint density at radius 2 is 2.17 bits per heavy atom. The summed E-state index contributed by atoms with van der Waals surface area (Å²) in [5.41, 5.74) is 6.82. The number of nitrogens with zero attached hydrogens (tertiary/aromatic N) is 1. The first-order chi connectivity index (χ1) is 8.59. The molecule has 0 radical (unpaired) electrons. The second-order valence-corrected chi connectivity index (χ2v) is 5.34. The van der Waals surface area contributed by atoms with E-state index in [1.165, 1.54) is 12.8 Å². The second kappa shape index (κ2) is 5.61. The highest BCUT2D eigenvalue weighted by molar-refractivity contribution is 6.34. The quantitative estimate of drug-likeness (QED) is 0.793. The van der Waals surface area contributed by atoms with Crippen molar-refractivity contribution in [2.45, 2.75) is 38.6 Å². The summed E-state index contributed by atoms with van der Waals surface area (Å²) in [5, 5.41) is 0.477. The molecule has 1 aliphatic rings. The van der Waals surface area contributed by atoms with Gasteiger partial charge in [-0.3, -0.25) is 4.79 Å². The van der Waals surface area contributed by atoms with Crippen molar-refractivity contribution in [1.82, 2.24) is 4.90 Å². The van der Waals surface area contributed by atoms with Gasteiger partial charge in [0.25, 0.3) is 5.91 Å². The van der Waals surface area contributed by atoms with E-state index in [0.717, 1.165) is 19.4 Å². The van der Waals surface area contributed by atoms with Crippen LogP contribution in [0.3, 0.4) is 0 Å². The molecule has 1 amide bonds. The van der Waals surface area contributed by atoms with Crippen LogP contribution in [-0.2, 0) is 0 Å². The number of carbonyl (C=O) groups is 1. The molecule has 0 aromatic heterocycles. The molecule has 1 unspecified atom stereocenters. The van der Waals surface area contributed by atoms with Gasteiger partial charge in [-0.05, 0) is 38.0 Å². The highest BCUT2D eigenvalue weighted by Gasteiger charge is 2.24. The standard InChI is InChI=1S/C14H19ClN2O/c1-10-5-3-2-4-8-17(10)14(18)12-9-11(16)6-7-13(12)15/h6-7,9-10H,2-5,8,16H2,1H3. The fraction of sp³-hybridized carbons (Fsp3) is 0.500. The van der Waals surface area contributed by atoms with Crippen LogP contribution in [0.2, 0.25) is 5.02 Å². The van der Waals surface area contributed by atoms with Crippen molar-refractivity contribution in [2.24, 2.45) is 0 Å². The number of hydrogen-bond donors (Lipinski definition) is 1. The van der Waals surface area contributed by atoms with Crippen LogP contribution in [0, 0.1) is 0 Å². The summed E-state index contributed by atoms with van der Waals surface area (Å²) in [5.74, 6) is 0.00157. The Morgan fingerprint density at radius 3 is 2.94 bits per heavy atom. The van der Waals surface area contributed by atoms with Gasteiger partial charge in [-0.2, -0.15) is 0 Å². The molecule has 4 heteroatoms. The minimum absolute atomic E-state index is 0.00157. The van der Waals surface area contributed by atoms with E-state index >= 15 is 0 Å². The summed E-state index contributed by atoms with van der Waals surface area (Å²) >= 11 is 6.10. The maximum Gasteiger partial charge on any atom is 0.255 e. The molecule has 1 aromatic carbocycles. The summed E-state index contributed by atoms with van der Waals surface area (Å²) in [6, 6.07) is 5.34. The number of benzene rings is 1. The van der Waals surface area contributed by atoms with E-state index < -0.39 is 0 Å². The van der Waals surface area contributed by atoms with E-state index in [1.54, 1.807) is 18.2 Å². The van der Waals surface area contributed by atoms with Crippen LogP contribution < -0.4 is 5.73 Å². The van der Waals surface area contributed by atoms with Crippen LogP contribution in [-0.4, -0.2) is 23.4 Å². The molecule has 1 fully saturated rings. The van der Waals surface area contributed by atoms with Gasteiger partial charge in [0.2, 0.25) is 0 Å². The SMILES string of the molecule is CC1CCCCCN1C(=O)c1cc(N)ccc1Cl. The summed E-state index contributed by atoms with van der Waals surface area (Å²) < 4.78 is 0. The van der Waals surface area contributed by atoms with E-state index in [1.807, 2.05) is 4.90 Å². The monoisotopic (exact) mass is 266 g/mol. The third-order valence-electron chi connectivity index (χ3n) is 3.53. The third kappa shape index (κ3) is 2.78. The Kier molecular flexibility index (Phi) is 4.12. The van der Waals surface area contributed by atoms with Crippen molar-refractivity contribution in [3.63, 3.8) is 0 Å². The fourth-order valence-corrected chi connectivity index (χ4v) is 2.64. The van der Waals surface area contributed by atoms with E-state index in [4.69, 9.17) is 17.3 Å². The van der Waals surface area contributed by atoms with Gasteiger partial charge in [0.1, 0.15) is 0 Å². The number of likely N-dealkylation sites (tertiary alicyclic amines) is 1. The van der Waals surface area contributed by atoms with Gasteiger partial charge < -0.3 is 10.6 Å². The Labute approximate surface area is 113 Å². The Balaban J connectivity index is 2.26. The maximum atomic E-state index is 12.5. The van der Waals surface area contributed by atoms with Crippen molar-refractivity contribution < 1.29 is 4.79 Å². The van der Waals surface area contributed by atoms with E-state index in [-0.39, 0.29) is 11.9 Å². The molecule has 1 aliphatic heterocycles. The van der Waals surface area contributed by atoms with Crippen LogP contribution in [0.4, 0.5) is 5.69 Å². The van der Waals surface area contributed by atoms with Crippen LogP contribution >= 0.6 is 11.6 Å². The van der Waals surface area contributed by atoms with Crippen LogP contribution in [0.1, 0.15) is 43.0 Å². The van der Waals surface area contributed by atoms with Crippen LogP contribution in [0.5, 0.6) is 0 Å². The molecule has 0 aliphatic carbocycles. The Bertz CT molecular complexity index is 447. The van der Waals surface area contributed by atoms with Crippen molar-refractivity contribution in [3.05, 3.63) is 28.8 Å². The normalized spacial score (nSPS) is 20.6. The van der Waals surface area contributed by atoms with Gasteiger partial charge in [0.15, 0.2) is 0 Å². The van der Waals surface area contributed by atoms with Crippen molar-refractivity contribution in [3.8, 4) is 0 Å². The van der Waals surface area contributed by atoms with E-state index in [9.17, 15) is 4.79 Å². The zero-order valence-electron chi connectivity index (χ0n) is 10.7. The number of nitrogens with two attached hydrogens (primary N) is 1. The smallest absolute Gasteiger partial charge is 0.255 e. The number of carbonyl (C=O) groups excluding carboxylic acids is 1.